The minimum Gasteiger partial charge on any atom is -0.339 e. The highest BCUT2D eigenvalue weighted by Crippen LogP contribution is 2.27. The summed E-state index contributed by atoms with van der Waals surface area (Å²) in [5, 5.41) is 0. The van der Waals surface area contributed by atoms with E-state index in [9.17, 15) is 9.59 Å². The van der Waals surface area contributed by atoms with E-state index in [0.717, 1.165) is 78.2 Å². The van der Waals surface area contributed by atoms with Gasteiger partial charge in [0.15, 0.2) is 0 Å². The Balaban J connectivity index is 0.962. The summed E-state index contributed by atoms with van der Waals surface area (Å²) in [6.45, 7) is 4.57. The highest BCUT2D eigenvalue weighted by molar-refractivity contribution is 5.96. The Hall–Kier alpha value is -5.07. The lowest BCUT2D eigenvalue weighted by Gasteiger charge is -2.42. The van der Waals surface area contributed by atoms with Crippen molar-refractivity contribution in [1.29, 1.82) is 0 Å². The number of nitrogens with zero attached hydrogens (tertiary/aromatic N) is 4. The van der Waals surface area contributed by atoms with E-state index in [1.165, 1.54) is 0 Å². The molecule has 2 saturated heterocycles. The van der Waals surface area contributed by atoms with Gasteiger partial charge >= 0.3 is 0 Å². The average Bonchev–Trinajstić information content (AvgIpc) is 3.15. The molecule has 6 nitrogen and oxygen atoms in total. The van der Waals surface area contributed by atoms with E-state index < -0.39 is 0 Å². The van der Waals surface area contributed by atoms with Crippen molar-refractivity contribution in [3.63, 3.8) is 0 Å². The number of rotatable bonds is 6. The zero-order valence-electron chi connectivity index (χ0n) is 26.0. The number of piperazine rings is 1. The van der Waals surface area contributed by atoms with Crippen LogP contribution in [0, 0.1) is 0 Å². The monoisotopic (exact) mass is 606 g/mol. The minimum atomic E-state index is 0.0510. The van der Waals surface area contributed by atoms with Crippen molar-refractivity contribution >= 4 is 11.8 Å². The Morgan fingerprint density at radius 3 is 1.43 bits per heavy atom. The maximum atomic E-state index is 13.8. The molecule has 230 valence electrons. The second-order valence-electron chi connectivity index (χ2n) is 12.2. The minimum absolute atomic E-state index is 0.0510. The molecule has 5 aromatic rings. The Morgan fingerprint density at radius 2 is 0.913 bits per heavy atom. The first-order valence-corrected chi connectivity index (χ1v) is 16.2. The SMILES string of the molecule is O=C(c1ccc(-c2ccccc2)cc1)N1CCC(N2CCN(C(=O)c3cc(-c4ccccc4)nc(-c4ccccc4)c3)CC2)CC1. The van der Waals surface area contributed by atoms with Gasteiger partial charge in [0, 0.05) is 67.6 Å². The number of piperidine rings is 1. The normalized spacial score (nSPS) is 15.9. The van der Waals surface area contributed by atoms with Crippen LogP contribution in [0.1, 0.15) is 33.6 Å². The summed E-state index contributed by atoms with van der Waals surface area (Å²) in [5.41, 5.74) is 7.28. The molecule has 0 spiro atoms. The molecule has 46 heavy (non-hydrogen) atoms. The second-order valence-corrected chi connectivity index (χ2v) is 12.2. The van der Waals surface area contributed by atoms with Gasteiger partial charge in [0.2, 0.25) is 0 Å². The van der Waals surface area contributed by atoms with Crippen LogP contribution in [-0.2, 0) is 0 Å². The quantitative estimate of drug-likeness (QED) is 0.206. The molecule has 7 rings (SSSR count). The van der Waals surface area contributed by atoms with Crippen molar-refractivity contribution in [2.24, 2.45) is 0 Å². The maximum absolute atomic E-state index is 13.8. The molecule has 0 aliphatic carbocycles. The van der Waals surface area contributed by atoms with E-state index in [0.29, 0.717) is 24.7 Å². The van der Waals surface area contributed by atoms with Crippen molar-refractivity contribution in [3.05, 3.63) is 139 Å². The summed E-state index contributed by atoms with van der Waals surface area (Å²) in [6, 6.07) is 42.6. The predicted molar refractivity (Wildman–Crippen MR) is 183 cm³/mol. The highest BCUT2D eigenvalue weighted by Gasteiger charge is 2.31. The van der Waals surface area contributed by atoms with Gasteiger partial charge in [0.05, 0.1) is 11.4 Å². The molecule has 2 aliphatic rings. The van der Waals surface area contributed by atoms with Crippen LogP contribution < -0.4 is 0 Å². The van der Waals surface area contributed by atoms with Crippen molar-refractivity contribution < 1.29 is 9.59 Å². The fourth-order valence-electron chi connectivity index (χ4n) is 6.69. The van der Waals surface area contributed by atoms with Crippen molar-refractivity contribution in [2.75, 3.05) is 39.3 Å². The third-order valence-electron chi connectivity index (χ3n) is 9.32. The number of hydrogen-bond acceptors (Lipinski definition) is 4. The average molecular weight is 607 g/mol. The van der Waals surface area contributed by atoms with E-state index in [1.807, 2.05) is 125 Å². The molecule has 0 N–H and O–H groups in total. The summed E-state index contributed by atoms with van der Waals surface area (Å²) < 4.78 is 0. The molecule has 3 heterocycles. The van der Waals surface area contributed by atoms with Crippen molar-refractivity contribution in [3.8, 4) is 33.6 Å². The van der Waals surface area contributed by atoms with Crippen LogP contribution in [0.2, 0.25) is 0 Å². The van der Waals surface area contributed by atoms with E-state index in [1.54, 1.807) is 0 Å². The Morgan fingerprint density at radius 1 is 0.478 bits per heavy atom. The third-order valence-corrected chi connectivity index (χ3v) is 9.32. The van der Waals surface area contributed by atoms with E-state index in [-0.39, 0.29) is 11.8 Å². The van der Waals surface area contributed by atoms with Gasteiger partial charge in [-0.3, -0.25) is 14.5 Å². The van der Waals surface area contributed by atoms with Gasteiger partial charge < -0.3 is 9.80 Å². The first kappa shape index (κ1) is 29.6. The van der Waals surface area contributed by atoms with Gasteiger partial charge in [-0.15, -0.1) is 0 Å². The molecule has 0 atom stereocenters. The second kappa shape index (κ2) is 13.5. The van der Waals surface area contributed by atoms with Crippen molar-refractivity contribution in [2.45, 2.75) is 18.9 Å². The van der Waals surface area contributed by atoms with Crippen LogP contribution in [0.5, 0.6) is 0 Å². The van der Waals surface area contributed by atoms with Crippen LogP contribution >= 0.6 is 0 Å². The lowest BCUT2D eigenvalue weighted by Crippen LogP contribution is -2.54. The van der Waals surface area contributed by atoms with Gasteiger partial charge in [0.25, 0.3) is 11.8 Å². The lowest BCUT2D eigenvalue weighted by atomic mass is 10.00. The molecule has 0 saturated carbocycles. The van der Waals surface area contributed by atoms with Crippen LogP contribution in [-0.4, -0.2) is 76.8 Å². The molecule has 2 fully saturated rings. The summed E-state index contributed by atoms with van der Waals surface area (Å²) in [6.07, 6.45) is 1.90. The van der Waals surface area contributed by atoms with Gasteiger partial charge in [-0.05, 0) is 48.2 Å². The molecule has 2 aliphatic heterocycles. The van der Waals surface area contributed by atoms with Gasteiger partial charge in [-0.1, -0.05) is 103 Å². The lowest BCUT2D eigenvalue weighted by molar-refractivity contribution is 0.0412. The Bertz CT molecular complexity index is 1720. The molecule has 0 bridgehead atoms. The molecular weight excluding hydrogens is 568 g/mol. The number of benzene rings is 4. The summed E-state index contributed by atoms with van der Waals surface area (Å²) >= 11 is 0. The first-order valence-electron chi connectivity index (χ1n) is 16.2. The summed E-state index contributed by atoms with van der Waals surface area (Å²) in [5.74, 6) is 0.158. The number of carbonyl (C=O) groups is 2. The topological polar surface area (TPSA) is 56.8 Å². The molecule has 6 heteroatoms. The maximum Gasteiger partial charge on any atom is 0.254 e. The van der Waals surface area contributed by atoms with Gasteiger partial charge in [-0.2, -0.15) is 0 Å². The third kappa shape index (κ3) is 6.49. The standard InChI is InChI=1S/C40H38N4O2/c45-39(34-18-16-31(17-19-34)30-10-4-1-5-11-30)43-22-20-36(21-23-43)42-24-26-44(27-25-42)40(46)35-28-37(32-12-6-2-7-13-32)41-38(29-35)33-14-8-3-9-15-33/h1-19,28-29,36H,20-27H2. The number of amides is 2. The van der Waals surface area contributed by atoms with Crippen LogP contribution in [0.25, 0.3) is 33.6 Å². The molecule has 2 amide bonds. The van der Waals surface area contributed by atoms with E-state index >= 15 is 0 Å². The number of carbonyl (C=O) groups excluding carboxylic acids is 2. The summed E-state index contributed by atoms with van der Waals surface area (Å²) in [4.78, 5) is 38.5. The van der Waals surface area contributed by atoms with Crippen LogP contribution in [0.15, 0.2) is 127 Å². The fourth-order valence-corrected chi connectivity index (χ4v) is 6.69. The number of pyridine rings is 1. The van der Waals surface area contributed by atoms with Crippen LogP contribution in [0.4, 0.5) is 0 Å². The number of aromatic nitrogens is 1. The Labute approximate surface area is 270 Å². The highest BCUT2D eigenvalue weighted by atomic mass is 16.2. The van der Waals surface area contributed by atoms with Crippen LogP contribution in [0.3, 0.4) is 0 Å². The molecule has 4 aromatic carbocycles. The zero-order chi connectivity index (χ0) is 31.3. The molecular formula is C40H38N4O2. The van der Waals surface area contributed by atoms with Gasteiger partial charge in [-0.25, -0.2) is 4.98 Å². The molecule has 1 aromatic heterocycles. The van der Waals surface area contributed by atoms with Gasteiger partial charge in [0.1, 0.15) is 0 Å². The van der Waals surface area contributed by atoms with E-state index in [4.69, 9.17) is 4.98 Å². The number of hydrogen-bond donors (Lipinski definition) is 0. The smallest absolute Gasteiger partial charge is 0.254 e. The zero-order valence-corrected chi connectivity index (χ0v) is 26.0. The molecule has 0 radical (unpaired) electrons. The fraction of sp³-hybridized carbons (Fsp3) is 0.225. The predicted octanol–water partition coefficient (Wildman–Crippen LogP) is 7.15. The van der Waals surface area contributed by atoms with E-state index in [2.05, 4.69) is 17.0 Å². The largest absolute Gasteiger partial charge is 0.339 e. The van der Waals surface area contributed by atoms with Crippen molar-refractivity contribution in [1.82, 2.24) is 19.7 Å². The number of likely N-dealkylation sites (tertiary alicyclic amines) is 1. The first-order chi connectivity index (χ1) is 22.6. The molecule has 0 unspecified atom stereocenters. The Kier molecular flexibility index (Phi) is 8.70. The summed E-state index contributed by atoms with van der Waals surface area (Å²) in [7, 11) is 0.